The van der Waals surface area contributed by atoms with Crippen LogP contribution in [-0.4, -0.2) is 26.1 Å². The Balaban J connectivity index is 1.64. The Kier molecular flexibility index (Phi) is 5.68. The van der Waals surface area contributed by atoms with Gasteiger partial charge in [0.1, 0.15) is 0 Å². The van der Waals surface area contributed by atoms with Crippen LogP contribution in [0, 0.1) is 13.8 Å². The second-order valence-corrected chi connectivity index (χ2v) is 7.08. The Morgan fingerprint density at radius 3 is 2.46 bits per heavy atom. The summed E-state index contributed by atoms with van der Waals surface area (Å²) in [5.41, 5.74) is 3.99. The molecule has 1 amide bonds. The predicted octanol–water partition coefficient (Wildman–Crippen LogP) is 4.17. The van der Waals surface area contributed by atoms with Crippen molar-refractivity contribution in [3.63, 3.8) is 0 Å². The molecule has 3 aromatic rings. The van der Waals surface area contributed by atoms with Gasteiger partial charge in [0.15, 0.2) is 10.9 Å². The lowest BCUT2D eigenvalue weighted by Crippen LogP contribution is -2.12. The number of nitrogens with zero attached hydrogens (tertiary/aromatic N) is 3. The SMILES string of the molecule is CCCc1cc(C(=O)Nc2ccc(Sc3nc(C)cc(C)n3)cc2)n[nH]1. The third kappa shape index (κ3) is 4.70. The first-order chi connectivity index (χ1) is 12.5. The van der Waals surface area contributed by atoms with Crippen LogP contribution in [0.4, 0.5) is 5.69 Å². The molecule has 2 heterocycles. The maximum atomic E-state index is 12.3. The van der Waals surface area contributed by atoms with Crippen LogP contribution in [0.2, 0.25) is 0 Å². The normalized spacial score (nSPS) is 10.7. The van der Waals surface area contributed by atoms with Crippen molar-refractivity contribution in [2.75, 3.05) is 5.32 Å². The molecule has 26 heavy (non-hydrogen) atoms. The fourth-order valence-electron chi connectivity index (χ4n) is 2.52. The van der Waals surface area contributed by atoms with Gasteiger partial charge in [0.05, 0.1) is 0 Å². The molecular formula is C19H21N5OS. The predicted molar refractivity (Wildman–Crippen MR) is 103 cm³/mol. The quantitative estimate of drug-likeness (QED) is 0.639. The van der Waals surface area contributed by atoms with Gasteiger partial charge in [-0.15, -0.1) is 0 Å². The number of hydrogen-bond donors (Lipinski definition) is 2. The van der Waals surface area contributed by atoms with Crippen LogP contribution in [0.3, 0.4) is 0 Å². The van der Waals surface area contributed by atoms with E-state index in [-0.39, 0.29) is 5.91 Å². The molecule has 0 fully saturated rings. The number of hydrogen-bond acceptors (Lipinski definition) is 5. The fraction of sp³-hybridized carbons (Fsp3) is 0.263. The summed E-state index contributed by atoms with van der Waals surface area (Å²) in [6.07, 6.45) is 1.89. The molecular weight excluding hydrogens is 346 g/mol. The lowest BCUT2D eigenvalue weighted by atomic mass is 10.2. The summed E-state index contributed by atoms with van der Waals surface area (Å²) < 4.78 is 0. The molecule has 0 aliphatic heterocycles. The van der Waals surface area contributed by atoms with Crippen molar-refractivity contribution in [3.8, 4) is 0 Å². The average molecular weight is 367 g/mol. The van der Waals surface area contributed by atoms with Crippen molar-refractivity contribution in [2.24, 2.45) is 0 Å². The summed E-state index contributed by atoms with van der Waals surface area (Å²) in [5, 5.41) is 10.5. The number of amides is 1. The molecule has 6 nitrogen and oxygen atoms in total. The van der Waals surface area contributed by atoms with Crippen LogP contribution in [0.25, 0.3) is 0 Å². The van der Waals surface area contributed by atoms with Crippen LogP contribution < -0.4 is 5.32 Å². The van der Waals surface area contributed by atoms with Gasteiger partial charge in [0.25, 0.3) is 5.91 Å². The summed E-state index contributed by atoms with van der Waals surface area (Å²) in [4.78, 5) is 22.1. The molecule has 0 saturated heterocycles. The first-order valence-electron chi connectivity index (χ1n) is 8.49. The number of rotatable bonds is 6. The largest absolute Gasteiger partial charge is 0.321 e. The average Bonchev–Trinajstić information content (AvgIpc) is 3.05. The van der Waals surface area contributed by atoms with Crippen molar-refractivity contribution in [1.82, 2.24) is 20.2 Å². The van der Waals surface area contributed by atoms with Gasteiger partial charge in [0.2, 0.25) is 0 Å². The Morgan fingerprint density at radius 2 is 1.81 bits per heavy atom. The summed E-state index contributed by atoms with van der Waals surface area (Å²) in [7, 11) is 0. The number of aryl methyl sites for hydroxylation is 3. The maximum Gasteiger partial charge on any atom is 0.276 e. The van der Waals surface area contributed by atoms with E-state index >= 15 is 0 Å². The summed E-state index contributed by atoms with van der Waals surface area (Å²) >= 11 is 1.50. The maximum absolute atomic E-state index is 12.3. The van der Waals surface area contributed by atoms with Crippen molar-refractivity contribution in [1.29, 1.82) is 0 Å². The number of aromatic amines is 1. The molecule has 0 saturated carbocycles. The molecule has 3 rings (SSSR count). The zero-order valence-electron chi connectivity index (χ0n) is 15.0. The second kappa shape index (κ2) is 8.14. The van der Waals surface area contributed by atoms with E-state index in [1.54, 1.807) is 6.07 Å². The van der Waals surface area contributed by atoms with E-state index in [4.69, 9.17) is 0 Å². The first kappa shape index (κ1) is 18.1. The van der Waals surface area contributed by atoms with Crippen LogP contribution in [0.5, 0.6) is 0 Å². The number of benzene rings is 1. The Labute approximate surface area is 156 Å². The Hall–Kier alpha value is -2.67. The Morgan fingerprint density at radius 1 is 1.12 bits per heavy atom. The van der Waals surface area contributed by atoms with Gasteiger partial charge in [-0.25, -0.2) is 9.97 Å². The van der Waals surface area contributed by atoms with Gasteiger partial charge < -0.3 is 5.32 Å². The molecule has 0 aliphatic rings. The molecule has 134 valence electrons. The van der Waals surface area contributed by atoms with Gasteiger partial charge in [0, 0.05) is 27.7 Å². The zero-order chi connectivity index (χ0) is 18.5. The molecule has 0 aliphatic carbocycles. The summed E-state index contributed by atoms with van der Waals surface area (Å²) in [6, 6.07) is 11.3. The van der Waals surface area contributed by atoms with Crippen molar-refractivity contribution in [2.45, 2.75) is 43.7 Å². The number of aromatic nitrogens is 4. The van der Waals surface area contributed by atoms with E-state index < -0.39 is 0 Å². The van der Waals surface area contributed by atoms with Crippen molar-refractivity contribution >= 4 is 23.4 Å². The van der Waals surface area contributed by atoms with E-state index in [2.05, 4.69) is 32.4 Å². The smallest absolute Gasteiger partial charge is 0.276 e. The highest BCUT2D eigenvalue weighted by atomic mass is 32.2. The third-order valence-corrected chi connectivity index (χ3v) is 4.54. The van der Waals surface area contributed by atoms with Gasteiger partial charge >= 0.3 is 0 Å². The van der Waals surface area contributed by atoms with Crippen molar-refractivity contribution in [3.05, 3.63) is 59.2 Å². The van der Waals surface area contributed by atoms with Gasteiger partial charge in [-0.3, -0.25) is 9.89 Å². The van der Waals surface area contributed by atoms with Crippen LogP contribution >= 0.6 is 11.8 Å². The molecule has 0 atom stereocenters. The van der Waals surface area contributed by atoms with E-state index in [1.807, 2.05) is 44.2 Å². The van der Waals surface area contributed by atoms with Crippen LogP contribution in [-0.2, 0) is 6.42 Å². The summed E-state index contributed by atoms with van der Waals surface area (Å²) in [5.74, 6) is -0.221. The molecule has 1 aromatic carbocycles. The minimum atomic E-state index is -0.221. The van der Waals surface area contributed by atoms with Gasteiger partial charge in [-0.2, -0.15) is 5.10 Å². The number of nitrogens with one attached hydrogen (secondary N) is 2. The second-order valence-electron chi connectivity index (χ2n) is 6.04. The number of anilines is 1. The third-order valence-electron chi connectivity index (χ3n) is 3.67. The molecule has 2 aromatic heterocycles. The van der Waals surface area contributed by atoms with E-state index in [1.165, 1.54) is 11.8 Å². The van der Waals surface area contributed by atoms with E-state index in [0.717, 1.165) is 45.7 Å². The van der Waals surface area contributed by atoms with Crippen molar-refractivity contribution < 1.29 is 4.79 Å². The molecule has 0 bridgehead atoms. The Bertz CT molecular complexity index is 884. The minimum absolute atomic E-state index is 0.221. The molecule has 7 heteroatoms. The lowest BCUT2D eigenvalue weighted by molar-refractivity contribution is 0.102. The molecule has 0 unspecified atom stereocenters. The molecule has 0 radical (unpaired) electrons. The van der Waals surface area contributed by atoms with Crippen LogP contribution in [0.1, 0.15) is 40.9 Å². The summed E-state index contributed by atoms with van der Waals surface area (Å²) in [6.45, 7) is 6.00. The first-order valence-corrected chi connectivity index (χ1v) is 9.31. The number of H-pyrrole nitrogens is 1. The minimum Gasteiger partial charge on any atom is -0.321 e. The van der Waals surface area contributed by atoms with E-state index in [9.17, 15) is 4.79 Å². The van der Waals surface area contributed by atoms with E-state index in [0.29, 0.717) is 5.69 Å². The molecule has 0 spiro atoms. The standard InChI is InChI=1S/C19H21N5OS/c1-4-5-15-11-17(24-23-15)18(25)22-14-6-8-16(9-7-14)26-19-20-12(2)10-13(3)21-19/h6-11H,4-5H2,1-3H3,(H,22,25)(H,23,24). The lowest BCUT2D eigenvalue weighted by Gasteiger charge is -2.06. The zero-order valence-corrected chi connectivity index (χ0v) is 15.9. The highest BCUT2D eigenvalue weighted by Gasteiger charge is 2.11. The van der Waals surface area contributed by atoms with Gasteiger partial charge in [-0.1, -0.05) is 13.3 Å². The highest BCUT2D eigenvalue weighted by molar-refractivity contribution is 7.99. The topological polar surface area (TPSA) is 83.6 Å². The monoisotopic (exact) mass is 367 g/mol. The highest BCUT2D eigenvalue weighted by Crippen LogP contribution is 2.26. The van der Waals surface area contributed by atoms with Gasteiger partial charge in [-0.05, 0) is 68.4 Å². The number of carbonyl (C=O) groups excluding carboxylic acids is 1. The fourth-order valence-corrected chi connectivity index (χ4v) is 3.38. The molecule has 2 N–H and O–H groups in total. The number of carbonyl (C=O) groups is 1. The van der Waals surface area contributed by atoms with Crippen LogP contribution in [0.15, 0.2) is 46.5 Å².